The van der Waals surface area contributed by atoms with Crippen LogP contribution in [0.4, 0.5) is 0 Å². The Bertz CT molecular complexity index is 417. The lowest BCUT2D eigenvalue weighted by molar-refractivity contribution is 0.144. The second-order valence-corrected chi connectivity index (χ2v) is 7.27. The summed E-state index contributed by atoms with van der Waals surface area (Å²) in [6.45, 7) is 4.46. The summed E-state index contributed by atoms with van der Waals surface area (Å²) in [4.78, 5) is 8.56. The van der Waals surface area contributed by atoms with Crippen molar-refractivity contribution in [3.05, 3.63) is 16.1 Å². The normalized spacial score (nSPS) is 32.7. The number of fused-ring (bicyclic) bond motifs is 2. The van der Waals surface area contributed by atoms with Crippen molar-refractivity contribution in [3.63, 3.8) is 0 Å². The van der Waals surface area contributed by atoms with E-state index in [1.54, 1.807) is 0 Å². The molecule has 0 saturated carbocycles. The third-order valence-corrected chi connectivity index (χ3v) is 6.20. The zero-order valence-corrected chi connectivity index (χ0v) is 13.0. The minimum absolute atomic E-state index is 0.401. The number of hydrogen-bond acceptors (Lipinski definition) is 4. The van der Waals surface area contributed by atoms with E-state index in [1.807, 2.05) is 17.5 Å². The third kappa shape index (κ3) is 2.71. The molecule has 2 aliphatic rings. The van der Waals surface area contributed by atoms with Gasteiger partial charge in [-0.1, -0.05) is 6.92 Å². The monoisotopic (exact) mass is 279 g/mol. The van der Waals surface area contributed by atoms with Crippen molar-refractivity contribution >= 4 is 11.3 Å². The van der Waals surface area contributed by atoms with E-state index in [1.165, 1.54) is 35.6 Å². The largest absolute Gasteiger partial charge is 0.305 e. The fraction of sp³-hybridized carbons (Fsp3) is 0.800. The smallest absolute Gasteiger partial charge is 0.109 e. The molecule has 3 nitrogen and oxygen atoms in total. The van der Waals surface area contributed by atoms with Crippen LogP contribution < -0.4 is 5.32 Å². The van der Waals surface area contributed by atoms with Crippen LogP contribution in [0, 0.1) is 0 Å². The molecule has 2 saturated heterocycles. The lowest BCUT2D eigenvalue weighted by atomic mass is 9.97. The fourth-order valence-electron chi connectivity index (χ4n) is 3.66. The molecule has 4 heteroatoms. The van der Waals surface area contributed by atoms with Gasteiger partial charge in [-0.15, -0.1) is 11.3 Å². The maximum absolute atomic E-state index is 4.57. The highest BCUT2D eigenvalue weighted by Crippen LogP contribution is 2.35. The summed E-state index contributed by atoms with van der Waals surface area (Å²) in [7, 11) is 2.30. The van der Waals surface area contributed by atoms with E-state index in [9.17, 15) is 0 Å². The molecule has 1 aromatic rings. The highest BCUT2D eigenvalue weighted by molar-refractivity contribution is 7.11. The van der Waals surface area contributed by atoms with Crippen molar-refractivity contribution in [1.82, 2.24) is 15.2 Å². The molecule has 3 atom stereocenters. The van der Waals surface area contributed by atoms with Crippen LogP contribution in [0.5, 0.6) is 0 Å². The Kier molecular flexibility index (Phi) is 3.92. The molecule has 1 N–H and O–H groups in total. The zero-order chi connectivity index (χ0) is 13.4. The predicted octanol–water partition coefficient (Wildman–Crippen LogP) is 2.98. The molecule has 0 amide bonds. The lowest BCUT2D eigenvalue weighted by Gasteiger charge is -2.37. The van der Waals surface area contributed by atoms with Crippen molar-refractivity contribution in [2.45, 2.75) is 70.1 Å². The number of thiazole rings is 1. The van der Waals surface area contributed by atoms with Gasteiger partial charge in [-0.05, 0) is 46.1 Å². The van der Waals surface area contributed by atoms with Crippen molar-refractivity contribution in [2.75, 3.05) is 7.05 Å². The van der Waals surface area contributed by atoms with Crippen LogP contribution in [0.1, 0.15) is 55.5 Å². The van der Waals surface area contributed by atoms with E-state index >= 15 is 0 Å². The number of nitrogens with zero attached hydrogens (tertiary/aromatic N) is 2. The first-order valence-corrected chi connectivity index (χ1v) is 8.41. The number of aromatic nitrogens is 1. The van der Waals surface area contributed by atoms with Crippen molar-refractivity contribution < 1.29 is 0 Å². The molecule has 0 radical (unpaired) electrons. The van der Waals surface area contributed by atoms with Gasteiger partial charge in [-0.3, -0.25) is 0 Å². The molecule has 3 rings (SSSR count). The van der Waals surface area contributed by atoms with Crippen LogP contribution in [-0.2, 0) is 6.42 Å². The van der Waals surface area contributed by atoms with Gasteiger partial charge in [0.15, 0.2) is 0 Å². The van der Waals surface area contributed by atoms with Gasteiger partial charge in [-0.2, -0.15) is 0 Å². The van der Waals surface area contributed by atoms with Gasteiger partial charge in [0.25, 0.3) is 0 Å². The van der Waals surface area contributed by atoms with Crippen LogP contribution >= 0.6 is 11.3 Å². The summed E-state index contributed by atoms with van der Waals surface area (Å²) in [6, 6.07) is 2.70. The maximum atomic E-state index is 4.57. The fourth-order valence-corrected chi connectivity index (χ4v) is 4.53. The Morgan fingerprint density at radius 3 is 2.68 bits per heavy atom. The summed E-state index contributed by atoms with van der Waals surface area (Å²) in [5, 5.41) is 5.07. The molecule has 2 aliphatic heterocycles. The minimum Gasteiger partial charge on any atom is -0.305 e. The van der Waals surface area contributed by atoms with Crippen LogP contribution in [0.2, 0.25) is 0 Å². The zero-order valence-electron chi connectivity index (χ0n) is 12.2. The second-order valence-electron chi connectivity index (χ2n) is 6.13. The van der Waals surface area contributed by atoms with E-state index in [2.05, 4.69) is 36.1 Å². The average molecular weight is 279 g/mol. The topological polar surface area (TPSA) is 28.2 Å². The van der Waals surface area contributed by atoms with Crippen molar-refractivity contribution in [1.29, 1.82) is 0 Å². The molecule has 3 unspecified atom stereocenters. The molecule has 1 aromatic heterocycles. The van der Waals surface area contributed by atoms with Crippen molar-refractivity contribution in [3.8, 4) is 0 Å². The molecule has 3 heterocycles. The first kappa shape index (κ1) is 13.5. The molecule has 0 aromatic carbocycles. The number of hydrogen-bond donors (Lipinski definition) is 1. The Hall–Kier alpha value is -0.450. The minimum atomic E-state index is 0.401. The SMILES string of the molecule is CCc1cnc(C(C)NC2CC3CCC(C2)N3C)s1. The standard InChI is InChI=1S/C15H25N3S/c1-4-14-9-16-15(19-14)10(2)17-11-7-12-5-6-13(8-11)18(12)3/h9-13,17H,4-8H2,1-3H3. The number of rotatable bonds is 4. The molecule has 2 bridgehead atoms. The van der Waals surface area contributed by atoms with Crippen molar-refractivity contribution in [2.24, 2.45) is 0 Å². The summed E-state index contributed by atoms with van der Waals surface area (Å²) in [5.74, 6) is 0. The van der Waals surface area contributed by atoms with Gasteiger partial charge < -0.3 is 10.2 Å². The van der Waals surface area contributed by atoms with Crippen LogP contribution in [-0.4, -0.2) is 35.1 Å². The average Bonchev–Trinajstić information content (AvgIpc) is 2.94. The Labute approximate surface area is 120 Å². The molecule has 0 spiro atoms. The molecule has 0 aliphatic carbocycles. The first-order valence-electron chi connectivity index (χ1n) is 7.60. The molecule has 106 valence electrons. The van der Waals surface area contributed by atoms with Crippen LogP contribution in [0.3, 0.4) is 0 Å². The number of nitrogens with one attached hydrogen (secondary N) is 1. The molecular formula is C15H25N3S. The molecular weight excluding hydrogens is 254 g/mol. The quantitative estimate of drug-likeness (QED) is 0.918. The molecule has 19 heavy (non-hydrogen) atoms. The Morgan fingerprint density at radius 1 is 1.42 bits per heavy atom. The van der Waals surface area contributed by atoms with E-state index in [0.717, 1.165) is 18.5 Å². The van der Waals surface area contributed by atoms with Crippen LogP contribution in [0.15, 0.2) is 6.20 Å². The first-order chi connectivity index (χ1) is 9.17. The third-order valence-electron chi connectivity index (χ3n) is 4.87. The van der Waals surface area contributed by atoms with E-state index in [4.69, 9.17) is 0 Å². The number of aryl methyl sites for hydroxylation is 1. The van der Waals surface area contributed by atoms with Gasteiger partial charge in [0.05, 0.1) is 6.04 Å². The highest BCUT2D eigenvalue weighted by atomic mass is 32.1. The summed E-state index contributed by atoms with van der Waals surface area (Å²) >= 11 is 1.86. The maximum Gasteiger partial charge on any atom is 0.109 e. The van der Waals surface area contributed by atoms with Gasteiger partial charge in [0.2, 0.25) is 0 Å². The predicted molar refractivity (Wildman–Crippen MR) is 80.6 cm³/mol. The lowest BCUT2D eigenvalue weighted by Crippen LogP contribution is -2.47. The van der Waals surface area contributed by atoms with Gasteiger partial charge in [0.1, 0.15) is 5.01 Å². The van der Waals surface area contributed by atoms with Gasteiger partial charge in [-0.25, -0.2) is 4.98 Å². The van der Waals surface area contributed by atoms with E-state index < -0.39 is 0 Å². The summed E-state index contributed by atoms with van der Waals surface area (Å²) in [5.41, 5.74) is 0. The van der Waals surface area contributed by atoms with Gasteiger partial charge >= 0.3 is 0 Å². The number of piperidine rings is 1. The molecule has 2 fully saturated rings. The van der Waals surface area contributed by atoms with Gasteiger partial charge in [0, 0.05) is 29.2 Å². The summed E-state index contributed by atoms with van der Waals surface area (Å²) < 4.78 is 0. The summed E-state index contributed by atoms with van der Waals surface area (Å²) in [6.07, 6.45) is 8.54. The van der Waals surface area contributed by atoms with E-state index in [-0.39, 0.29) is 0 Å². The van der Waals surface area contributed by atoms with E-state index in [0.29, 0.717) is 12.1 Å². The Balaban J connectivity index is 1.59. The van der Waals surface area contributed by atoms with Crippen LogP contribution in [0.25, 0.3) is 0 Å². The highest BCUT2D eigenvalue weighted by Gasteiger charge is 2.38. The second kappa shape index (κ2) is 5.51. The Morgan fingerprint density at radius 2 is 2.11 bits per heavy atom.